The number of benzene rings is 2. The summed E-state index contributed by atoms with van der Waals surface area (Å²) < 4.78 is 64.3. The molecular formula is C28H31F3N2O6. The van der Waals surface area contributed by atoms with Crippen LogP contribution >= 0.6 is 0 Å². The summed E-state index contributed by atoms with van der Waals surface area (Å²) in [5, 5.41) is 7.43. The van der Waals surface area contributed by atoms with Crippen molar-refractivity contribution in [3.05, 3.63) is 89.6 Å². The van der Waals surface area contributed by atoms with Crippen LogP contribution in [0.1, 0.15) is 23.6 Å². The normalized spacial score (nSPS) is 28.8. The average molecular weight is 549 g/mol. The van der Waals surface area contributed by atoms with Crippen LogP contribution in [0.2, 0.25) is 0 Å². The molecule has 210 valence electrons. The Hall–Kier alpha value is -3.38. The van der Waals surface area contributed by atoms with Gasteiger partial charge in [0.05, 0.1) is 12.3 Å². The lowest BCUT2D eigenvalue weighted by atomic mass is 9.81. The highest BCUT2D eigenvalue weighted by Gasteiger charge is 2.47. The van der Waals surface area contributed by atoms with Gasteiger partial charge in [0.2, 0.25) is 0 Å². The molecule has 39 heavy (non-hydrogen) atoms. The van der Waals surface area contributed by atoms with E-state index < -0.39 is 30.4 Å². The highest BCUT2D eigenvalue weighted by molar-refractivity contribution is 5.79. The third-order valence-electron chi connectivity index (χ3n) is 6.68. The number of hydrogen-bond acceptors (Lipinski definition) is 8. The number of alkyl halides is 3. The molecule has 0 aliphatic carbocycles. The average Bonchev–Trinajstić information content (AvgIpc) is 2.93. The zero-order valence-electron chi connectivity index (χ0n) is 21.9. The molecule has 2 aliphatic heterocycles. The maximum absolute atomic E-state index is 12.6. The summed E-state index contributed by atoms with van der Waals surface area (Å²) in [5.74, 6) is -0.287. The first-order valence-electron chi connectivity index (χ1n) is 12.2. The number of hydrogen-bond donors (Lipinski definition) is 1. The Balaban J connectivity index is 1.49. The molecule has 0 amide bonds. The van der Waals surface area contributed by atoms with Gasteiger partial charge in [0.25, 0.3) is 6.29 Å². The van der Waals surface area contributed by atoms with Crippen LogP contribution in [-0.4, -0.2) is 64.6 Å². The molecule has 4 rings (SSSR count). The van der Waals surface area contributed by atoms with E-state index in [-0.39, 0.29) is 18.0 Å². The quantitative estimate of drug-likeness (QED) is 0.361. The van der Waals surface area contributed by atoms with Crippen molar-refractivity contribution in [1.82, 2.24) is 5.32 Å². The fourth-order valence-electron chi connectivity index (χ4n) is 4.81. The molecule has 0 bridgehead atoms. The van der Waals surface area contributed by atoms with E-state index in [2.05, 4.69) is 15.2 Å². The van der Waals surface area contributed by atoms with Gasteiger partial charge in [0.15, 0.2) is 6.10 Å². The lowest BCUT2D eigenvalue weighted by Crippen LogP contribution is -2.59. The second-order valence-corrected chi connectivity index (χ2v) is 9.02. The van der Waals surface area contributed by atoms with Gasteiger partial charge in [-0.05, 0) is 48.0 Å². The summed E-state index contributed by atoms with van der Waals surface area (Å²) in [6.07, 6.45) is 1.83. The Labute approximate surface area is 225 Å². The molecule has 0 saturated carbocycles. The Kier molecular flexibility index (Phi) is 8.96. The van der Waals surface area contributed by atoms with E-state index in [9.17, 15) is 13.2 Å². The van der Waals surface area contributed by atoms with Gasteiger partial charge in [-0.3, -0.25) is 0 Å². The number of allylic oxidation sites excluding steroid dienone is 2. The molecule has 2 heterocycles. The van der Waals surface area contributed by atoms with Gasteiger partial charge in [-0.2, -0.15) is 0 Å². The Morgan fingerprint density at radius 2 is 1.49 bits per heavy atom. The molecule has 0 radical (unpaired) electrons. The molecule has 2 aliphatic rings. The second-order valence-electron chi connectivity index (χ2n) is 9.02. The van der Waals surface area contributed by atoms with Crippen LogP contribution in [0.15, 0.2) is 78.1 Å². The first-order chi connectivity index (χ1) is 18.7. The summed E-state index contributed by atoms with van der Waals surface area (Å²) in [6, 6.07) is 13.3. The smallest absolute Gasteiger partial charge is 0.406 e. The minimum absolute atomic E-state index is 0.287. The predicted octanol–water partition coefficient (Wildman–Crippen LogP) is 4.64. The summed E-state index contributed by atoms with van der Waals surface area (Å²) in [7, 11) is 4.70. The Morgan fingerprint density at radius 1 is 0.872 bits per heavy atom. The minimum atomic E-state index is -4.75. The Bertz CT molecular complexity index is 1170. The maximum Gasteiger partial charge on any atom is 0.573 e. The Morgan fingerprint density at radius 3 is 2.03 bits per heavy atom. The van der Waals surface area contributed by atoms with Gasteiger partial charge in [0, 0.05) is 21.3 Å². The molecule has 6 atom stereocenters. The number of nitrogens with zero attached hydrogens (tertiary/aromatic N) is 1. The van der Waals surface area contributed by atoms with E-state index in [4.69, 9.17) is 23.8 Å². The molecular weight excluding hydrogens is 517 g/mol. The van der Waals surface area contributed by atoms with E-state index in [0.29, 0.717) is 0 Å². The molecule has 0 aromatic heterocycles. The van der Waals surface area contributed by atoms with Crippen molar-refractivity contribution >= 4 is 6.21 Å². The van der Waals surface area contributed by atoms with Crippen molar-refractivity contribution in [2.75, 3.05) is 21.3 Å². The van der Waals surface area contributed by atoms with Crippen molar-refractivity contribution in [3.8, 4) is 5.75 Å². The van der Waals surface area contributed by atoms with E-state index in [1.165, 1.54) is 19.2 Å². The van der Waals surface area contributed by atoms with E-state index in [0.717, 1.165) is 16.7 Å². The van der Waals surface area contributed by atoms with Crippen LogP contribution in [0, 0.1) is 0 Å². The standard InChI is InChI=1S/C28H31F3N2O6/c1-18-23(34-2)24(35-3)25(36-4)26(37-18)39-33-17-19-7-9-20(10-8-19)27(15-5-6-16-32-27)21-11-13-22(14-12-21)38-28(29,30)31/h5-18,23-26,32H,1-4H3/b33-17+/t18?,23-,24+,25+,26-,27?/m0/s1. The highest BCUT2D eigenvalue weighted by atomic mass is 19.4. The van der Waals surface area contributed by atoms with Crippen LogP contribution in [0.5, 0.6) is 5.75 Å². The zero-order valence-corrected chi connectivity index (χ0v) is 21.9. The van der Waals surface area contributed by atoms with Crippen LogP contribution in [-0.2, 0) is 29.3 Å². The molecule has 1 saturated heterocycles. The molecule has 1 N–H and O–H groups in total. The van der Waals surface area contributed by atoms with E-state index in [1.807, 2.05) is 49.4 Å². The fraction of sp³-hybridized carbons (Fsp3) is 0.393. The van der Waals surface area contributed by atoms with Crippen molar-refractivity contribution in [2.24, 2.45) is 5.16 Å². The van der Waals surface area contributed by atoms with Crippen molar-refractivity contribution in [3.63, 3.8) is 0 Å². The summed E-state index contributed by atoms with van der Waals surface area (Å²) >= 11 is 0. The van der Waals surface area contributed by atoms with Gasteiger partial charge < -0.3 is 33.8 Å². The zero-order chi connectivity index (χ0) is 28.0. The highest BCUT2D eigenvalue weighted by Crippen LogP contribution is 2.35. The fourth-order valence-corrected chi connectivity index (χ4v) is 4.81. The summed E-state index contributed by atoms with van der Waals surface area (Å²) in [5.41, 5.74) is 1.57. The van der Waals surface area contributed by atoms with Crippen LogP contribution < -0.4 is 10.1 Å². The van der Waals surface area contributed by atoms with Gasteiger partial charge in [-0.25, -0.2) is 0 Å². The van der Waals surface area contributed by atoms with Crippen molar-refractivity contribution in [2.45, 2.75) is 49.5 Å². The monoisotopic (exact) mass is 548 g/mol. The molecule has 2 unspecified atom stereocenters. The summed E-state index contributed by atoms with van der Waals surface area (Å²) in [4.78, 5) is 5.63. The lowest BCUT2D eigenvalue weighted by molar-refractivity contribution is -0.305. The number of methoxy groups -OCH3 is 3. The largest absolute Gasteiger partial charge is 0.573 e. The molecule has 2 aromatic carbocycles. The molecule has 8 nitrogen and oxygen atoms in total. The van der Waals surface area contributed by atoms with Crippen LogP contribution in [0.4, 0.5) is 13.2 Å². The maximum atomic E-state index is 12.6. The number of rotatable bonds is 9. The van der Waals surface area contributed by atoms with Gasteiger partial charge in [-0.1, -0.05) is 53.7 Å². The van der Waals surface area contributed by atoms with Crippen LogP contribution in [0.3, 0.4) is 0 Å². The van der Waals surface area contributed by atoms with Crippen molar-refractivity contribution < 1.29 is 41.7 Å². The van der Waals surface area contributed by atoms with Gasteiger partial charge in [-0.15, -0.1) is 13.2 Å². The number of oxime groups is 1. The third kappa shape index (κ3) is 6.44. The number of ether oxygens (including phenoxy) is 5. The van der Waals surface area contributed by atoms with Gasteiger partial charge in [0.1, 0.15) is 23.5 Å². The lowest BCUT2D eigenvalue weighted by Gasteiger charge is -2.42. The van der Waals surface area contributed by atoms with Crippen LogP contribution in [0.25, 0.3) is 0 Å². The molecule has 0 spiro atoms. The number of nitrogens with one attached hydrogen (secondary N) is 1. The molecule has 2 aromatic rings. The van der Waals surface area contributed by atoms with Gasteiger partial charge >= 0.3 is 6.36 Å². The summed E-state index contributed by atoms with van der Waals surface area (Å²) in [6.45, 7) is 1.86. The predicted molar refractivity (Wildman–Crippen MR) is 137 cm³/mol. The molecule has 11 heteroatoms. The molecule has 1 fully saturated rings. The minimum Gasteiger partial charge on any atom is -0.406 e. The first kappa shape index (κ1) is 28.6. The topological polar surface area (TPSA) is 79.8 Å². The van der Waals surface area contributed by atoms with Crippen molar-refractivity contribution in [1.29, 1.82) is 0 Å². The number of halogens is 3. The van der Waals surface area contributed by atoms with E-state index >= 15 is 0 Å². The first-order valence-corrected chi connectivity index (χ1v) is 12.2. The third-order valence-corrected chi connectivity index (χ3v) is 6.68. The SMILES string of the molecule is CO[C@H]1[C@H](O/N=C/c2ccc(C3(c4ccc(OC(F)(F)F)cc4)C=CC=CN3)cc2)OC(C)[C@H](OC)[C@H]1OC. The van der Waals surface area contributed by atoms with E-state index in [1.54, 1.807) is 38.8 Å². The second kappa shape index (κ2) is 12.2. The number of dihydropyridines is 1.